The molecule has 0 atom stereocenters. The van der Waals surface area contributed by atoms with Crippen molar-refractivity contribution in [1.29, 1.82) is 0 Å². The van der Waals surface area contributed by atoms with Gasteiger partial charge in [-0.1, -0.05) is 11.6 Å². The van der Waals surface area contributed by atoms with Crippen LogP contribution in [0.4, 0.5) is 15.9 Å². The van der Waals surface area contributed by atoms with E-state index in [4.69, 9.17) is 20.8 Å². The maximum atomic E-state index is 13.8. The highest BCUT2D eigenvalue weighted by Crippen LogP contribution is 2.46. The van der Waals surface area contributed by atoms with E-state index in [1.807, 2.05) is 18.0 Å². The lowest BCUT2D eigenvalue weighted by Crippen LogP contribution is -2.17. The maximum Gasteiger partial charge on any atom is 0.163 e. The predicted octanol–water partition coefficient (Wildman–Crippen LogP) is 9.11. The number of halogens is 3. The fourth-order valence-corrected chi connectivity index (χ4v) is 7.24. The normalized spacial score (nSPS) is 15.6. The fourth-order valence-electron chi connectivity index (χ4n) is 5.79. The molecule has 0 spiro atoms. The van der Waals surface area contributed by atoms with E-state index in [1.165, 1.54) is 32.0 Å². The third kappa shape index (κ3) is 6.38. The number of anilines is 2. The topological polar surface area (TPSA) is 68.4 Å². The van der Waals surface area contributed by atoms with Gasteiger partial charge in [-0.25, -0.2) is 4.39 Å². The Kier molecular flexibility index (Phi) is 8.53. The van der Waals surface area contributed by atoms with Crippen molar-refractivity contribution in [2.24, 2.45) is 0 Å². The van der Waals surface area contributed by atoms with E-state index in [0.29, 0.717) is 24.2 Å². The second-order valence-corrected chi connectivity index (χ2v) is 13.6. The van der Waals surface area contributed by atoms with Crippen LogP contribution in [-0.4, -0.2) is 45.1 Å². The van der Waals surface area contributed by atoms with Gasteiger partial charge in [-0.05, 0) is 109 Å². The largest absolute Gasteiger partial charge is 0.492 e. The third-order valence-electron chi connectivity index (χ3n) is 7.99. The summed E-state index contributed by atoms with van der Waals surface area (Å²) in [5.74, 6) is 4.87. The highest BCUT2D eigenvalue weighted by molar-refractivity contribution is 9.10. The van der Waals surface area contributed by atoms with Crippen LogP contribution >= 0.6 is 39.3 Å². The zero-order valence-corrected chi connectivity index (χ0v) is 26.8. The molecule has 1 aliphatic carbocycles. The standard InChI is InChI=1S/C32H32BrClFN5O2S/c33-25-16-28-24(15-30(25)41-12-3-13-43-19-23-8-7-22(42-23)18-39-10-1-2-11-39)31-29(40(28)21-5-6-21)17-36-38-32(31)37-20-4-9-27(35)26(34)14-20/h4,7-9,14-17,21H,1-3,5-6,10-13,18-19H2,(H,37,38). The molecular formula is C32H32BrClFN5O2S. The van der Waals surface area contributed by atoms with Crippen molar-refractivity contribution in [2.45, 2.75) is 50.4 Å². The van der Waals surface area contributed by atoms with Gasteiger partial charge in [0, 0.05) is 17.1 Å². The van der Waals surface area contributed by atoms with Crippen molar-refractivity contribution in [1.82, 2.24) is 19.7 Å². The summed E-state index contributed by atoms with van der Waals surface area (Å²) >= 11 is 11.7. The average Bonchev–Trinajstić information content (AvgIpc) is 3.36. The summed E-state index contributed by atoms with van der Waals surface area (Å²) in [6, 6.07) is 13.4. The molecule has 4 heterocycles. The molecule has 2 aliphatic rings. The molecule has 0 unspecified atom stereocenters. The van der Waals surface area contributed by atoms with Gasteiger partial charge in [0.15, 0.2) is 5.82 Å². The number of benzene rings is 2. The van der Waals surface area contributed by atoms with Crippen LogP contribution in [-0.2, 0) is 12.3 Å². The van der Waals surface area contributed by atoms with Gasteiger partial charge >= 0.3 is 0 Å². The monoisotopic (exact) mass is 683 g/mol. The molecule has 7 rings (SSSR count). The molecular weight excluding hydrogens is 653 g/mol. The summed E-state index contributed by atoms with van der Waals surface area (Å²) in [5.41, 5.74) is 2.75. The minimum atomic E-state index is -0.463. The van der Waals surface area contributed by atoms with Crippen molar-refractivity contribution in [3.8, 4) is 5.75 Å². The van der Waals surface area contributed by atoms with Crippen LogP contribution in [0.15, 0.2) is 57.6 Å². The molecule has 1 saturated carbocycles. The van der Waals surface area contributed by atoms with Gasteiger partial charge in [0.1, 0.15) is 23.1 Å². The van der Waals surface area contributed by atoms with Gasteiger partial charge in [0.25, 0.3) is 0 Å². The van der Waals surface area contributed by atoms with Crippen molar-refractivity contribution < 1.29 is 13.5 Å². The summed E-state index contributed by atoms with van der Waals surface area (Å²) in [5, 5.41) is 14.1. The lowest BCUT2D eigenvalue weighted by atomic mass is 10.2. The number of fused-ring (bicyclic) bond motifs is 3. The third-order valence-corrected chi connectivity index (χ3v) is 9.97. The first-order valence-corrected chi connectivity index (χ1v) is 17.1. The summed E-state index contributed by atoms with van der Waals surface area (Å²) in [6.45, 7) is 3.87. The number of hydrogen-bond acceptors (Lipinski definition) is 7. The maximum absolute atomic E-state index is 13.8. The first-order valence-electron chi connectivity index (χ1n) is 14.7. The Morgan fingerprint density at radius 2 is 1.93 bits per heavy atom. The summed E-state index contributed by atoms with van der Waals surface area (Å²) < 4.78 is 29.4. The number of thioether (sulfide) groups is 1. The Bertz CT molecular complexity index is 1770. The minimum Gasteiger partial charge on any atom is -0.492 e. The Hall–Kier alpha value is -2.79. The zero-order valence-electron chi connectivity index (χ0n) is 23.6. The van der Waals surface area contributed by atoms with E-state index in [2.05, 4.69) is 65.2 Å². The Morgan fingerprint density at radius 1 is 1.09 bits per heavy atom. The number of hydrogen-bond donors (Lipinski definition) is 1. The van der Waals surface area contributed by atoms with Gasteiger partial charge in [0.05, 0.1) is 51.0 Å². The van der Waals surface area contributed by atoms with Gasteiger partial charge in [-0.2, -0.15) is 16.9 Å². The van der Waals surface area contributed by atoms with Crippen LogP contribution in [0, 0.1) is 5.82 Å². The minimum absolute atomic E-state index is 0.0507. The van der Waals surface area contributed by atoms with Crippen molar-refractivity contribution in [2.75, 3.05) is 30.8 Å². The smallest absolute Gasteiger partial charge is 0.163 e. The van der Waals surface area contributed by atoms with Crippen LogP contribution in [0.2, 0.25) is 5.02 Å². The molecule has 7 nitrogen and oxygen atoms in total. The molecule has 0 bridgehead atoms. The first kappa shape index (κ1) is 29.0. The van der Waals surface area contributed by atoms with Crippen LogP contribution in [0.1, 0.15) is 49.7 Å². The quantitative estimate of drug-likeness (QED) is 0.132. The van der Waals surface area contributed by atoms with E-state index < -0.39 is 5.82 Å². The lowest BCUT2D eigenvalue weighted by Gasteiger charge is -2.11. The molecule has 43 heavy (non-hydrogen) atoms. The second-order valence-electron chi connectivity index (χ2n) is 11.2. The SMILES string of the molecule is Fc1ccc(Nc2nncc3c2c2cc(OCCCSCc4ccc(CN5CCCC5)o4)c(Br)cc2n3C2CC2)cc1Cl. The van der Waals surface area contributed by atoms with Crippen LogP contribution in [0.25, 0.3) is 21.8 Å². The number of nitrogens with one attached hydrogen (secondary N) is 1. The van der Waals surface area contributed by atoms with E-state index in [1.54, 1.807) is 12.1 Å². The Morgan fingerprint density at radius 3 is 2.74 bits per heavy atom. The van der Waals surface area contributed by atoms with Crippen molar-refractivity contribution >= 4 is 72.6 Å². The van der Waals surface area contributed by atoms with Crippen LogP contribution < -0.4 is 10.1 Å². The predicted molar refractivity (Wildman–Crippen MR) is 175 cm³/mol. The molecule has 0 radical (unpaired) electrons. The zero-order chi connectivity index (χ0) is 29.3. The molecule has 3 aromatic heterocycles. The summed E-state index contributed by atoms with van der Waals surface area (Å²) in [7, 11) is 0. The fraction of sp³-hybridized carbons (Fsp3) is 0.375. The van der Waals surface area contributed by atoms with Crippen molar-refractivity contribution in [3.05, 3.63) is 75.5 Å². The molecule has 2 aromatic carbocycles. The summed E-state index contributed by atoms with van der Waals surface area (Å²) in [6.07, 6.45) is 7.58. The number of rotatable bonds is 12. The van der Waals surface area contributed by atoms with E-state index >= 15 is 0 Å². The number of furan rings is 1. The lowest BCUT2D eigenvalue weighted by molar-refractivity contribution is 0.294. The van der Waals surface area contributed by atoms with E-state index in [9.17, 15) is 4.39 Å². The summed E-state index contributed by atoms with van der Waals surface area (Å²) in [4.78, 5) is 2.46. The van der Waals surface area contributed by atoms with E-state index in [0.717, 1.165) is 80.9 Å². The molecule has 1 saturated heterocycles. The Labute approximate surface area is 267 Å². The van der Waals surface area contributed by atoms with Gasteiger partial charge < -0.3 is 19.0 Å². The van der Waals surface area contributed by atoms with Gasteiger partial charge in [0.2, 0.25) is 0 Å². The van der Waals surface area contributed by atoms with E-state index in [-0.39, 0.29) is 5.02 Å². The molecule has 1 N–H and O–H groups in total. The molecule has 1 aliphatic heterocycles. The Balaban J connectivity index is 1.03. The molecule has 0 amide bonds. The number of nitrogens with zero attached hydrogens (tertiary/aromatic N) is 4. The first-order chi connectivity index (χ1) is 21.0. The highest BCUT2D eigenvalue weighted by Gasteiger charge is 2.29. The molecule has 2 fully saturated rings. The number of ether oxygens (including phenoxy) is 1. The van der Waals surface area contributed by atoms with Crippen LogP contribution in [0.5, 0.6) is 5.75 Å². The van der Waals surface area contributed by atoms with Crippen molar-refractivity contribution in [3.63, 3.8) is 0 Å². The molecule has 11 heteroatoms. The average molecular weight is 685 g/mol. The second kappa shape index (κ2) is 12.7. The van der Waals surface area contributed by atoms with Crippen LogP contribution in [0.3, 0.4) is 0 Å². The number of likely N-dealkylation sites (tertiary alicyclic amines) is 1. The molecule has 5 aromatic rings. The van der Waals surface area contributed by atoms with Gasteiger partial charge in [-0.15, -0.1) is 5.10 Å². The highest BCUT2D eigenvalue weighted by atomic mass is 79.9. The van der Waals surface area contributed by atoms with Gasteiger partial charge in [-0.3, -0.25) is 4.90 Å². The molecule has 224 valence electrons. The number of aromatic nitrogens is 3.